The minimum absolute atomic E-state index is 0.228. The Bertz CT molecular complexity index is 1010. The Morgan fingerprint density at radius 1 is 0.926 bits per heavy atom. The fourth-order valence-electron chi connectivity index (χ4n) is 2.61. The molecule has 0 saturated carbocycles. The van der Waals surface area contributed by atoms with Crippen molar-refractivity contribution < 1.29 is 23.8 Å². The van der Waals surface area contributed by atoms with Crippen molar-refractivity contribution in [3.63, 3.8) is 0 Å². The Hall–Kier alpha value is -3.14. The predicted octanol–water partition coefficient (Wildman–Crippen LogP) is 2.36. The summed E-state index contributed by atoms with van der Waals surface area (Å²) in [7, 11) is 4.50. The van der Waals surface area contributed by atoms with E-state index in [4.69, 9.17) is 14.2 Å². The number of hydrazine groups is 1. The van der Waals surface area contributed by atoms with Crippen molar-refractivity contribution in [3.05, 3.63) is 40.3 Å². The molecule has 2 aromatic heterocycles. The lowest BCUT2D eigenvalue weighted by Gasteiger charge is -2.12. The summed E-state index contributed by atoms with van der Waals surface area (Å²) in [5.41, 5.74) is 5.79. The van der Waals surface area contributed by atoms with Crippen LogP contribution in [0.25, 0.3) is 10.9 Å². The second-order valence-electron chi connectivity index (χ2n) is 5.43. The molecule has 2 amide bonds. The molecule has 0 fully saturated rings. The third kappa shape index (κ3) is 3.56. The molecule has 0 bridgehead atoms. The van der Waals surface area contributed by atoms with Crippen molar-refractivity contribution in [2.75, 3.05) is 21.3 Å². The van der Waals surface area contributed by atoms with Gasteiger partial charge in [-0.25, -0.2) is 0 Å². The van der Waals surface area contributed by atoms with E-state index >= 15 is 0 Å². The van der Waals surface area contributed by atoms with Gasteiger partial charge in [0.05, 0.1) is 26.8 Å². The van der Waals surface area contributed by atoms with E-state index in [0.717, 1.165) is 4.47 Å². The van der Waals surface area contributed by atoms with Gasteiger partial charge in [0.15, 0.2) is 11.5 Å². The van der Waals surface area contributed by atoms with Crippen LogP contribution in [0.2, 0.25) is 0 Å². The van der Waals surface area contributed by atoms with Crippen LogP contribution in [0, 0.1) is 0 Å². The summed E-state index contributed by atoms with van der Waals surface area (Å²) in [6.07, 6.45) is 1.61. The molecule has 0 aliphatic heterocycles. The van der Waals surface area contributed by atoms with E-state index < -0.39 is 11.8 Å². The number of rotatable bonds is 5. The molecule has 0 radical (unpaired) electrons. The number of hydrogen-bond donors (Lipinski definition) is 4. The van der Waals surface area contributed by atoms with Crippen molar-refractivity contribution >= 4 is 38.6 Å². The Labute approximate surface area is 162 Å². The largest absolute Gasteiger partial charge is 0.493 e. The van der Waals surface area contributed by atoms with Crippen LogP contribution in [0.15, 0.2) is 28.9 Å². The van der Waals surface area contributed by atoms with Crippen LogP contribution in [0.1, 0.15) is 21.0 Å². The Kier molecular flexibility index (Phi) is 5.26. The fourth-order valence-corrected chi connectivity index (χ4v) is 2.96. The number of fused-ring (bicyclic) bond motifs is 1. The number of H-pyrrole nitrogens is 2. The highest BCUT2D eigenvalue weighted by Gasteiger charge is 2.20. The maximum atomic E-state index is 12.4. The van der Waals surface area contributed by atoms with Crippen LogP contribution in [-0.4, -0.2) is 43.1 Å². The van der Waals surface area contributed by atoms with Crippen molar-refractivity contribution in [3.8, 4) is 17.2 Å². The van der Waals surface area contributed by atoms with Gasteiger partial charge < -0.3 is 24.2 Å². The lowest BCUT2D eigenvalue weighted by atomic mass is 10.2. The number of halogens is 1. The number of ether oxygens (including phenoxy) is 3. The Balaban J connectivity index is 1.84. The molecule has 0 aliphatic rings. The predicted molar refractivity (Wildman–Crippen MR) is 101 cm³/mol. The first-order valence-corrected chi connectivity index (χ1v) is 8.54. The quantitative estimate of drug-likeness (QED) is 0.458. The molecule has 142 valence electrons. The summed E-state index contributed by atoms with van der Waals surface area (Å²) in [5.74, 6) is 0.285. The molecule has 0 unspecified atom stereocenters. The number of amides is 2. The van der Waals surface area contributed by atoms with Gasteiger partial charge in [-0.2, -0.15) is 0 Å². The second-order valence-corrected chi connectivity index (χ2v) is 6.35. The van der Waals surface area contributed by atoms with Gasteiger partial charge >= 0.3 is 0 Å². The SMILES string of the molecule is COc1cc2cc(C(=O)NNC(=O)c3cc(Br)c[nH]3)[nH]c2c(OC)c1OC. The number of methoxy groups -OCH3 is 3. The molecule has 0 atom stereocenters. The molecule has 1 aromatic carbocycles. The summed E-state index contributed by atoms with van der Waals surface area (Å²) in [4.78, 5) is 30.1. The van der Waals surface area contributed by atoms with Gasteiger partial charge in [0.1, 0.15) is 11.4 Å². The van der Waals surface area contributed by atoms with E-state index in [0.29, 0.717) is 33.8 Å². The van der Waals surface area contributed by atoms with Crippen molar-refractivity contribution in [1.29, 1.82) is 0 Å². The average molecular weight is 437 g/mol. The summed E-state index contributed by atoms with van der Waals surface area (Å²) < 4.78 is 16.8. The minimum Gasteiger partial charge on any atom is -0.493 e. The lowest BCUT2D eigenvalue weighted by Crippen LogP contribution is -2.41. The lowest BCUT2D eigenvalue weighted by molar-refractivity contribution is 0.0842. The molecule has 3 aromatic rings. The number of hydrogen-bond acceptors (Lipinski definition) is 5. The molecule has 4 N–H and O–H groups in total. The third-order valence-electron chi connectivity index (χ3n) is 3.85. The maximum Gasteiger partial charge on any atom is 0.286 e. The number of aromatic nitrogens is 2. The molecule has 2 heterocycles. The maximum absolute atomic E-state index is 12.4. The van der Waals surface area contributed by atoms with Gasteiger partial charge in [0, 0.05) is 16.1 Å². The number of nitrogens with one attached hydrogen (secondary N) is 4. The monoisotopic (exact) mass is 436 g/mol. The van der Waals surface area contributed by atoms with Crippen LogP contribution in [0.5, 0.6) is 17.2 Å². The normalized spacial score (nSPS) is 10.5. The summed E-state index contributed by atoms with van der Waals surface area (Å²) >= 11 is 3.24. The highest BCUT2D eigenvalue weighted by atomic mass is 79.9. The molecular formula is C17H17BrN4O5. The van der Waals surface area contributed by atoms with Gasteiger partial charge in [-0.05, 0) is 34.1 Å². The van der Waals surface area contributed by atoms with Crippen LogP contribution >= 0.6 is 15.9 Å². The highest BCUT2D eigenvalue weighted by molar-refractivity contribution is 9.10. The van der Waals surface area contributed by atoms with E-state index in [-0.39, 0.29) is 5.69 Å². The van der Waals surface area contributed by atoms with Gasteiger partial charge in [0.2, 0.25) is 5.75 Å². The minimum atomic E-state index is -0.523. The first-order chi connectivity index (χ1) is 13.0. The van der Waals surface area contributed by atoms with Crippen molar-refractivity contribution in [2.45, 2.75) is 0 Å². The molecule has 27 heavy (non-hydrogen) atoms. The van der Waals surface area contributed by atoms with Gasteiger partial charge in [-0.1, -0.05) is 0 Å². The van der Waals surface area contributed by atoms with E-state index in [9.17, 15) is 9.59 Å². The zero-order valence-electron chi connectivity index (χ0n) is 14.7. The summed E-state index contributed by atoms with van der Waals surface area (Å²) in [5, 5.41) is 0.689. The molecule has 0 spiro atoms. The first kappa shape index (κ1) is 18.6. The number of carbonyl (C=O) groups excluding carboxylic acids is 2. The second kappa shape index (κ2) is 7.62. The van der Waals surface area contributed by atoms with Crippen LogP contribution in [0.3, 0.4) is 0 Å². The average Bonchev–Trinajstić information content (AvgIpc) is 3.30. The Morgan fingerprint density at radius 2 is 1.59 bits per heavy atom. The molecule has 10 heteroatoms. The van der Waals surface area contributed by atoms with Crippen molar-refractivity contribution in [1.82, 2.24) is 20.8 Å². The summed E-state index contributed by atoms with van der Waals surface area (Å²) in [6.45, 7) is 0. The fraction of sp³-hybridized carbons (Fsp3) is 0.176. The van der Waals surface area contributed by atoms with Gasteiger partial charge in [-0.3, -0.25) is 20.4 Å². The molecule has 0 aliphatic carbocycles. The number of aromatic amines is 2. The van der Waals surface area contributed by atoms with E-state index in [2.05, 4.69) is 36.7 Å². The standard InChI is InChI=1S/C17H17BrN4O5/c1-25-12-5-8-4-11(20-13(8)15(27-3)14(12)26-2)17(24)22-21-16(23)10-6-9(18)7-19-10/h4-7,19-20H,1-3H3,(H,21,23)(H,22,24). The van der Waals surface area contributed by atoms with E-state index in [1.54, 1.807) is 24.4 Å². The van der Waals surface area contributed by atoms with Gasteiger partial charge in [0.25, 0.3) is 11.8 Å². The zero-order valence-corrected chi connectivity index (χ0v) is 16.3. The van der Waals surface area contributed by atoms with E-state index in [1.807, 2.05) is 0 Å². The molecule has 3 rings (SSSR count). The molecule has 0 saturated heterocycles. The van der Waals surface area contributed by atoms with Crippen molar-refractivity contribution in [2.24, 2.45) is 0 Å². The third-order valence-corrected chi connectivity index (χ3v) is 4.30. The van der Waals surface area contributed by atoms with Gasteiger partial charge in [-0.15, -0.1) is 0 Å². The summed E-state index contributed by atoms with van der Waals surface area (Å²) in [6, 6.07) is 4.93. The highest BCUT2D eigenvalue weighted by Crippen LogP contribution is 2.43. The molecular weight excluding hydrogens is 420 g/mol. The van der Waals surface area contributed by atoms with E-state index in [1.165, 1.54) is 21.3 Å². The molecule has 9 nitrogen and oxygen atoms in total. The first-order valence-electron chi connectivity index (χ1n) is 7.74. The smallest absolute Gasteiger partial charge is 0.286 e. The van der Waals surface area contributed by atoms with Crippen LogP contribution in [-0.2, 0) is 0 Å². The topological polar surface area (TPSA) is 117 Å². The Morgan fingerprint density at radius 3 is 2.15 bits per heavy atom. The number of benzene rings is 1. The van der Waals surface area contributed by atoms with Crippen LogP contribution in [0.4, 0.5) is 0 Å². The zero-order chi connectivity index (χ0) is 19.6. The number of carbonyl (C=O) groups is 2. The van der Waals surface area contributed by atoms with Crippen LogP contribution < -0.4 is 25.1 Å².